The third-order valence-corrected chi connectivity index (χ3v) is 10.0. The lowest BCUT2D eigenvalue weighted by atomic mass is 10.1. The van der Waals surface area contributed by atoms with Crippen molar-refractivity contribution in [2.45, 2.75) is 51.2 Å². The maximum atomic E-state index is 13.7. The molecule has 1 amide bonds. The fourth-order valence-electron chi connectivity index (χ4n) is 7.45. The molecule has 0 radical (unpaired) electrons. The highest BCUT2D eigenvalue weighted by Crippen LogP contribution is 2.40. The lowest BCUT2D eigenvalue weighted by Crippen LogP contribution is -2.41. The van der Waals surface area contributed by atoms with E-state index in [1.807, 2.05) is 47.7 Å². The minimum absolute atomic E-state index is 0.0227. The van der Waals surface area contributed by atoms with Crippen molar-refractivity contribution in [3.8, 4) is 28.5 Å². The van der Waals surface area contributed by atoms with Crippen molar-refractivity contribution < 1.29 is 19.1 Å². The van der Waals surface area contributed by atoms with Gasteiger partial charge in [0.25, 0.3) is 5.91 Å². The summed E-state index contributed by atoms with van der Waals surface area (Å²) in [6.07, 6.45) is 4.36. The van der Waals surface area contributed by atoms with Gasteiger partial charge >= 0.3 is 5.97 Å². The Morgan fingerprint density at radius 3 is 2.60 bits per heavy atom. The fourth-order valence-corrected chi connectivity index (χ4v) is 7.45. The summed E-state index contributed by atoms with van der Waals surface area (Å²) in [5, 5.41) is 8.05. The van der Waals surface area contributed by atoms with E-state index in [0.717, 1.165) is 66.0 Å². The second-order valence-electron chi connectivity index (χ2n) is 12.7. The molecule has 5 heterocycles. The molecule has 2 aliphatic carbocycles. The van der Waals surface area contributed by atoms with Crippen molar-refractivity contribution >= 4 is 33.9 Å². The molecule has 12 nitrogen and oxygen atoms in total. The van der Waals surface area contributed by atoms with Crippen molar-refractivity contribution in [2.75, 3.05) is 20.8 Å². The van der Waals surface area contributed by atoms with Crippen LogP contribution in [0, 0.1) is 18.8 Å². The smallest absolute Gasteiger partial charge is 0.359 e. The number of aryl methyl sites for hydroxylation is 2. The highest BCUT2D eigenvalue weighted by atomic mass is 16.5. The quantitative estimate of drug-likeness (QED) is 0.263. The molecule has 1 aliphatic heterocycles. The average molecular weight is 609 g/mol. The van der Waals surface area contributed by atoms with E-state index in [1.54, 1.807) is 7.11 Å². The van der Waals surface area contributed by atoms with Crippen LogP contribution in [-0.4, -0.2) is 78.9 Å². The summed E-state index contributed by atoms with van der Waals surface area (Å²) in [6.45, 7) is 3.36. The Balaban J connectivity index is 1.25. The second-order valence-corrected chi connectivity index (χ2v) is 12.7. The SMILES string of the molecule is COC(=O)c1n[nH]c(C)c1-c1ccc2cc(-c3nc4cc(C(=O)N5CC6CCC5C6N)cc(OC)c4n3C)n(CC3CC3)c2n1. The Morgan fingerprint density at radius 2 is 1.91 bits per heavy atom. The van der Waals surface area contributed by atoms with E-state index < -0.39 is 5.97 Å². The summed E-state index contributed by atoms with van der Waals surface area (Å²) in [7, 11) is 4.94. The van der Waals surface area contributed by atoms with Gasteiger partial charge in [-0.05, 0) is 74.8 Å². The number of carbonyl (C=O) groups excluding carboxylic acids is 2. The summed E-state index contributed by atoms with van der Waals surface area (Å²) < 4.78 is 15.1. The van der Waals surface area contributed by atoms with Crippen LogP contribution >= 0.6 is 0 Å². The molecule has 3 fully saturated rings. The minimum atomic E-state index is -0.517. The molecule has 5 aromatic rings. The number of methoxy groups -OCH3 is 2. The van der Waals surface area contributed by atoms with E-state index in [1.165, 1.54) is 7.11 Å². The van der Waals surface area contributed by atoms with E-state index in [9.17, 15) is 9.59 Å². The summed E-state index contributed by atoms with van der Waals surface area (Å²) >= 11 is 0. The van der Waals surface area contributed by atoms with Crippen molar-refractivity contribution in [1.82, 2.24) is 34.2 Å². The number of aromatic amines is 1. The van der Waals surface area contributed by atoms with Crippen molar-refractivity contribution in [3.63, 3.8) is 0 Å². The first-order chi connectivity index (χ1) is 21.8. The molecule has 2 saturated carbocycles. The Hall–Kier alpha value is -4.71. The normalized spacial score (nSPS) is 20.9. The van der Waals surface area contributed by atoms with Gasteiger partial charge < -0.3 is 29.2 Å². The number of rotatable bonds is 7. The maximum Gasteiger partial charge on any atom is 0.359 e. The molecule has 1 saturated heterocycles. The number of benzene rings is 1. The molecule has 12 heteroatoms. The van der Waals surface area contributed by atoms with Crippen LogP contribution in [0.15, 0.2) is 30.3 Å². The number of hydrogen-bond acceptors (Lipinski definition) is 8. The standard InChI is InChI=1S/C33H36N8O4/c1-16-26(28(38-37-16)33(43)45-4)21-9-7-18-12-24(40(30(18)35-21)14-17-5-6-17)31-36-22-11-20(13-25(44-3)29(22)39(31)2)32(42)41-15-19-8-10-23(41)27(19)34/h7,9,11-13,17,19,23,27H,5-6,8,10,14-15,34H2,1-4H3,(H,37,38). The molecular formula is C33H36N8O4. The van der Waals surface area contributed by atoms with Gasteiger partial charge in [-0.25, -0.2) is 14.8 Å². The Bertz CT molecular complexity index is 2020. The molecule has 3 N–H and O–H groups in total. The van der Waals surface area contributed by atoms with Gasteiger partial charge in [0.2, 0.25) is 0 Å². The molecule has 232 valence electrons. The van der Waals surface area contributed by atoms with Crippen LogP contribution < -0.4 is 10.5 Å². The first-order valence-electron chi connectivity index (χ1n) is 15.5. The number of likely N-dealkylation sites (tertiary alicyclic amines) is 1. The number of aromatic nitrogens is 6. The summed E-state index contributed by atoms with van der Waals surface area (Å²) in [5.74, 6) is 1.74. The van der Waals surface area contributed by atoms with E-state index in [-0.39, 0.29) is 23.7 Å². The molecule has 4 aromatic heterocycles. The van der Waals surface area contributed by atoms with E-state index >= 15 is 0 Å². The number of pyridine rings is 1. The summed E-state index contributed by atoms with van der Waals surface area (Å²) in [4.78, 5) is 38.3. The third-order valence-electron chi connectivity index (χ3n) is 10.0. The number of hydrogen-bond donors (Lipinski definition) is 2. The zero-order valence-corrected chi connectivity index (χ0v) is 25.8. The molecule has 45 heavy (non-hydrogen) atoms. The van der Waals surface area contributed by atoms with Crippen LogP contribution in [0.2, 0.25) is 0 Å². The maximum absolute atomic E-state index is 13.7. The highest BCUT2D eigenvalue weighted by molar-refractivity contribution is 6.01. The lowest BCUT2D eigenvalue weighted by molar-refractivity contribution is 0.0594. The van der Waals surface area contributed by atoms with Crippen molar-refractivity contribution in [1.29, 1.82) is 0 Å². The van der Waals surface area contributed by atoms with Crippen molar-refractivity contribution in [2.24, 2.45) is 24.6 Å². The zero-order valence-electron chi connectivity index (χ0n) is 25.8. The highest BCUT2D eigenvalue weighted by Gasteiger charge is 2.47. The first kappa shape index (κ1) is 27.8. The van der Waals surface area contributed by atoms with Crippen LogP contribution in [0.4, 0.5) is 0 Å². The third kappa shape index (κ3) is 4.26. The number of carbonyl (C=O) groups is 2. The topological polar surface area (TPSA) is 146 Å². The van der Waals surface area contributed by atoms with E-state index in [2.05, 4.69) is 20.8 Å². The Labute approximate surface area is 259 Å². The van der Waals surface area contributed by atoms with Gasteiger partial charge in [-0.15, -0.1) is 0 Å². The molecule has 2 bridgehead atoms. The number of fused-ring (bicyclic) bond motifs is 4. The number of piperidine rings is 1. The van der Waals surface area contributed by atoms with Crippen LogP contribution in [-0.2, 0) is 18.3 Å². The van der Waals surface area contributed by atoms with Crippen LogP contribution in [0.3, 0.4) is 0 Å². The second kappa shape index (κ2) is 10.2. The number of nitrogens with zero attached hydrogens (tertiary/aromatic N) is 6. The largest absolute Gasteiger partial charge is 0.494 e. The van der Waals surface area contributed by atoms with Gasteiger partial charge in [0.1, 0.15) is 16.9 Å². The van der Waals surface area contributed by atoms with E-state index in [0.29, 0.717) is 46.5 Å². The molecule has 3 aliphatic rings. The predicted molar refractivity (Wildman–Crippen MR) is 168 cm³/mol. The zero-order chi connectivity index (χ0) is 31.1. The fraction of sp³-hybridized carbons (Fsp3) is 0.424. The predicted octanol–water partition coefficient (Wildman–Crippen LogP) is 4.06. The number of imidazole rings is 1. The molecule has 3 atom stereocenters. The van der Waals surface area contributed by atoms with Crippen LogP contribution in [0.25, 0.3) is 44.8 Å². The Morgan fingerprint density at radius 1 is 1.09 bits per heavy atom. The van der Waals surface area contributed by atoms with Gasteiger partial charge in [0, 0.05) is 48.9 Å². The number of H-pyrrole nitrogens is 1. The molecule has 0 spiro atoms. The molecular weight excluding hydrogens is 572 g/mol. The minimum Gasteiger partial charge on any atom is -0.494 e. The van der Waals surface area contributed by atoms with Gasteiger partial charge in [-0.3, -0.25) is 9.89 Å². The van der Waals surface area contributed by atoms with Gasteiger partial charge in [-0.1, -0.05) is 0 Å². The van der Waals surface area contributed by atoms with E-state index in [4.69, 9.17) is 25.2 Å². The number of esters is 1. The number of ether oxygens (including phenoxy) is 2. The number of nitrogens with one attached hydrogen (secondary N) is 1. The molecule has 3 unspecified atom stereocenters. The summed E-state index contributed by atoms with van der Waals surface area (Å²) in [6, 6.07) is 9.88. The number of nitrogens with two attached hydrogens (primary N) is 1. The van der Waals surface area contributed by atoms with Gasteiger partial charge in [0.15, 0.2) is 11.5 Å². The van der Waals surface area contributed by atoms with Gasteiger partial charge in [-0.2, -0.15) is 5.10 Å². The average Bonchev–Trinajstić information content (AvgIpc) is 3.27. The van der Waals surface area contributed by atoms with Crippen LogP contribution in [0.5, 0.6) is 5.75 Å². The number of amides is 1. The molecule has 1 aromatic carbocycles. The molecule has 8 rings (SSSR count). The Kier molecular flexibility index (Phi) is 6.28. The monoisotopic (exact) mass is 608 g/mol. The summed E-state index contributed by atoms with van der Waals surface area (Å²) in [5.41, 5.74) is 12.4. The lowest BCUT2D eigenvalue weighted by Gasteiger charge is -2.27. The first-order valence-corrected chi connectivity index (χ1v) is 15.5. The van der Waals surface area contributed by atoms with Gasteiger partial charge in [0.05, 0.1) is 36.7 Å². The van der Waals surface area contributed by atoms with Crippen LogP contribution in [0.1, 0.15) is 52.2 Å². The van der Waals surface area contributed by atoms with Crippen molar-refractivity contribution in [3.05, 3.63) is 47.3 Å².